The average molecular weight is 237 g/mol. The lowest BCUT2D eigenvalue weighted by Crippen LogP contribution is -1.93. The molecule has 0 aliphatic carbocycles. The van der Waals surface area contributed by atoms with Crippen molar-refractivity contribution < 1.29 is 0 Å². The smallest absolute Gasteiger partial charge is 0.0500 e. The maximum atomic E-state index is 3.59. The van der Waals surface area contributed by atoms with E-state index in [1.165, 1.54) is 40.2 Å². The minimum atomic E-state index is 0.617. The number of aromatic amines is 1. The first-order chi connectivity index (χ1) is 8.81. The standard InChI is InChI=1S/C17H19N/c1-3-7-12(2)13-9-6-10-15-14-8-4-5-11-16(14)18-17(13)15/h4-6,8-12,18H,3,7H2,1-2H3. The fraction of sp³-hybridized carbons (Fsp3) is 0.294. The summed E-state index contributed by atoms with van der Waals surface area (Å²) in [7, 11) is 0. The van der Waals surface area contributed by atoms with Crippen LogP contribution in [0.25, 0.3) is 21.8 Å². The summed E-state index contributed by atoms with van der Waals surface area (Å²) in [4.78, 5) is 3.59. The summed E-state index contributed by atoms with van der Waals surface area (Å²) in [5.74, 6) is 0.617. The van der Waals surface area contributed by atoms with E-state index < -0.39 is 0 Å². The van der Waals surface area contributed by atoms with Crippen LogP contribution in [0.1, 0.15) is 38.2 Å². The first kappa shape index (κ1) is 11.3. The van der Waals surface area contributed by atoms with Crippen molar-refractivity contribution in [3.05, 3.63) is 48.0 Å². The molecule has 0 fully saturated rings. The highest BCUT2D eigenvalue weighted by Crippen LogP contribution is 2.32. The Balaban J connectivity index is 2.27. The fourth-order valence-corrected chi connectivity index (χ4v) is 2.89. The van der Waals surface area contributed by atoms with E-state index in [4.69, 9.17) is 0 Å². The van der Waals surface area contributed by atoms with Crippen LogP contribution in [0.2, 0.25) is 0 Å². The molecule has 0 aliphatic heterocycles. The van der Waals surface area contributed by atoms with Gasteiger partial charge in [0.2, 0.25) is 0 Å². The third-order valence-electron chi connectivity index (χ3n) is 3.83. The third-order valence-corrected chi connectivity index (χ3v) is 3.83. The zero-order valence-corrected chi connectivity index (χ0v) is 11.0. The number of aromatic nitrogens is 1. The lowest BCUT2D eigenvalue weighted by Gasteiger charge is -2.11. The summed E-state index contributed by atoms with van der Waals surface area (Å²) in [5, 5.41) is 2.68. The molecule has 1 heterocycles. The fourth-order valence-electron chi connectivity index (χ4n) is 2.89. The number of rotatable bonds is 3. The number of nitrogens with one attached hydrogen (secondary N) is 1. The Bertz CT molecular complexity index is 678. The number of hydrogen-bond acceptors (Lipinski definition) is 0. The highest BCUT2D eigenvalue weighted by molar-refractivity contribution is 6.08. The molecule has 1 unspecified atom stereocenters. The molecular weight excluding hydrogens is 218 g/mol. The molecule has 1 heteroatoms. The van der Waals surface area contributed by atoms with Crippen LogP contribution in [-0.2, 0) is 0 Å². The molecule has 3 rings (SSSR count). The van der Waals surface area contributed by atoms with Gasteiger partial charge >= 0.3 is 0 Å². The summed E-state index contributed by atoms with van der Waals surface area (Å²) in [6, 6.07) is 15.2. The SMILES string of the molecule is CCCC(C)c1cccc2c1[nH]c1ccccc12. The van der Waals surface area contributed by atoms with E-state index in [9.17, 15) is 0 Å². The normalized spacial score (nSPS) is 13.2. The molecule has 92 valence electrons. The molecule has 3 aromatic rings. The van der Waals surface area contributed by atoms with Crippen LogP contribution in [0.15, 0.2) is 42.5 Å². The molecule has 2 aromatic carbocycles. The van der Waals surface area contributed by atoms with Crippen LogP contribution in [-0.4, -0.2) is 4.98 Å². The Hall–Kier alpha value is -1.76. The molecule has 18 heavy (non-hydrogen) atoms. The van der Waals surface area contributed by atoms with Crippen molar-refractivity contribution in [1.29, 1.82) is 0 Å². The number of fused-ring (bicyclic) bond motifs is 3. The molecule has 0 saturated carbocycles. The lowest BCUT2D eigenvalue weighted by atomic mass is 9.94. The van der Waals surface area contributed by atoms with Crippen molar-refractivity contribution in [1.82, 2.24) is 4.98 Å². The summed E-state index contributed by atoms with van der Waals surface area (Å²) in [5.41, 5.74) is 4.01. The molecule has 1 atom stereocenters. The summed E-state index contributed by atoms with van der Waals surface area (Å²) in [6.45, 7) is 4.58. The second-order valence-electron chi connectivity index (χ2n) is 5.13. The summed E-state index contributed by atoms with van der Waals surface area (Å²) < 4.78 is 0. The monoisotopic (exact) mass is 237 g/mol. The van der Waals surface area contributed by atoms with Crippen LogP contribution in [0.3, 0.4) is 0 Å². The molecule has 0 spiro atoms. The van der Waals surface area contributed by atoms with Crippen LogP contribution < -0.4 is 0 Å². The summed E-state index contributed by atoms with van der Waals surface area (Å²) in [6.07, 6.45) is 2.48. The Morgan fingerprint density at radius 2 is 1.78 bits per heavy atom. The predicted molar refractivity (Wildman–Crippen MR) is 79.1 cm³/mol. The van der Waals surface area contributed by atoms with Crippen LogP contribution in [0.5, 0.6) is 0 Å². The maximum absolute atomic E-state index is 3.59. The van der Waals surface area contributed by atoms with Gasteiger partial charge in [-0.25, -0.2) is 0 Å². The van der Waals surface area contributed by atoms with Gasteiger partial charge in [0.25, 0.3) is 0 Å². The Morgan fingerprint density at radius 1 is 1.00 bits per heavy atom. The van der Waals surface area contributed by atoms with Gasteiger partial charge in [-0.2, -0.15) is 0 Å². The van der Waals surface area contributed by atoms with E-state index in [0.29, 0.717) is 5.92 Å². The van der Waals surface area contributed by atoms with Crippen LogP contribution in [0.4, 0.5) is 0 Å². The van der Waals surface area contributed by atoms with Gasteiger partial charge in [-0.05, 0) is 24.0 Å². The highest BCUT2D eigenvalue weighted by Gasteiger charge is 2.11. The number of benzene rings is 2. The molecular formula is C17H19N. The largest absolute Gasteiger partial charge is 0.354 e. The number of para-hydroxylation sites is 2. The van der Waals surface area contributed by atoms with E-state index in [-0.39, 0.29) is 0 Å². The second-order valence-corrected chi connectivity index (χ2v) is 5.13. The van der Waals surface area contributed by atoms with Crippen molar-refractivity contribution in [3.8, 4) is 0 Å². The Kier molecular flexibility index (Phi) is 2.83. The van der Waals surface area contributed by atoms with E-state index in [1.54, 1.807) is 0 Å². The van der Waals surface area contributed by atoms with Crippen molar-refractivity contribution in [2.24, 2.45) is 0 Å². The van der Waals surface area contributed by atoms with Crippen molar-refractivity contribution in [3.63, 3.8) is 0 Å². The first-order valence-electron chi connectivity index (χ1n) is 6.80. The van der Waals surface area contributed by atoms with Gasteiger partial charge in [-0.1, -0.05) is 56.7 Å². The predicted octanol–water partition coefficient (Wildman–Crippen LogP) is 5.22. The molecule has 0 radical (unpaired) electrons. The van der Waals surface area contributed by atoms with Crippen molar-refractivity contribution in [2.45, 2.75) is 32.6 Å². The van der Waals surface area contributed by atoms with E-state index in [1.807, 2.05) is 0 Å². The quantitative estimate of drug-likeness (QED) is 0.642. The second kappa shape index (κ2) is 4.49. The molecule has 0 saturated heterocycles. The minimum Gasteiger partial charge on any atom is -0.354 e. The Labute approximate surface area is 108 Å². The van der Waals surface area contributed by atoms with Gasteiger partial charge in [0.15, 0.2) is 0 Å². The zero-order valence-electron chi connectivity index (χ0n) is 11.0. The molecule has 0 bridgehead atoms. The first-order valence-corrected chi connectivity index (χ1v) is 6.80. The molecule has 1 N–H and O–H groups in total. The molecule has 0 amide bonds. The van der Waals surface area contributed by atoms with Gasteiger partial charge in [-0.3, -0.25) is 0 Å². The van der Waals surface area contributed by atoms with E-state index in [2.05, 4.69) is 61.3 Å². The Morgan fingerprint density at radius 3 is 2.61 bits per heavy atom. The van der Waals surface area contributed by atoms with Gasteiger partial charge in [0.1, 0.15) is 0 Å². The molecule has 1 nitrogen and oxygen atoms in total. The van der Waals surface area contributed by atoms with Gasteiger partial charge in [0.05, 0.1) is 0 Å². The number of hydrogen-bond donors (Lipinski definition) is 1. The van der Waals surface area contributed by atoms with Crippen molar-refractivity contribution in [2.75, 3.05) is 0 Å². The molecule has 0 aliphatic rings. The van der Waals surface area contributed by atoms with E-state index in [0.717, 1.165) is 0 Å². The topological polar surface area (TPSA) is 15.8 Å². The third kappa shape index (κ3) is 1.71. The van der Waals surface area contributed by atoms with Crippen molar-refractivity contribution >= 4 is 21.8 Å². The zero-order chi connectivity index (χ0) is 12.5. The maximum Gasteiger partial charge on any atom is 0.0500 e. The van der Waals surface area contributed by atoms with E-state index >= 15 is 0 Å². The van der Waals surface area contributed by atoms with Crippen LogP contribution >= 0.6 is 0 Å². The average Bonchev–Trinajstić information content (AvgIpc) is 2.77. The van der Waals surface area contributed by atoms with Gasteiger partial charge in [0, 0.05) is 21.8 Å². The summed E-state index contributed by atoms with van der Waals surface area (Å²) >= 11 is 0. The van der Waals surface area contributed by atoms with Gasteiger partial charge in [-0.15, -0.1) is 0 Å². The number of H-pyrrole nitrogens is 1. The highest BCUT2D eigenvalue weighted by atomic mass is 14.7. The lowest BCUT2D eigenvalue weighted by molar-refractivity contribution is 0.668. The molecule has 1 aromatic heterocycles. The minimum absolute atomic E-state index is 0.617. The van der Waals surface area contributed by atoms with Gasteiger partial charge < -0.3 is 4.98 Å². The van der Waals surface area contributed by atoms with Crippen LogP contribution in [0, 0.1) is 0 Å².